The number of aliphatic hydroxyl groups is 3. The predicted octanol–water partition coefficient (Wildman–Crippen LogP) is 6.11. The normalized spacial score (nSPS) is 54.8. The van der Waals surface area contributed by atoms with E-state index >= 15 is 0 Å². The van der Waals surface area contributed by atoms with Gasteiger partial charge < -0.3 is 15.3 Å². The van der Waals surface area contributed by atoms with Gasteiger partial charge in [0.15, 0.2) is 0 Å². The van der Waals surface area contributed by atoms with Gasteiger partial charge in [0.2, 0.25) is 0 Å². The molecule has 0 amide bonds. The lowest BCUT2D eigenvalue weighted by atomic mass is 9.33. The van der Waals surface area contributed by atoms with Crippen LogP contribution in [0.2, 0.25) is 0 Å². The van der Waals surface area contributed by atoms with Gasteiger partial charge in [-0.15, -0.1) is 0 Å². The van der Waals surface area contributed by atoms with Gasteiger partial charge in [0, 0.05) is 5.41 Å². The van der Waals surface area contributed by atoms with Gasteiger partial charge in [0.25, 0.3) is 0 Å². The van der Waals surface area contributed by atoms with Crippen LogP contribution in [0.1, 0.15) is 106 Å². The highest BCUT2D eigenvalue weighted by Crippen LogP contribution is 2.75. The Morgan fingerprint density at radius 2 is 1.52 bits per heavy atom. The van der Waals surface area contributed by atoms with Crippen LogP contribution >= 0.6 is 0 Å². The van der Waals surface area contributed by atoms with Crippen molar-refractivity contribution in [2.24, 2.45) is 50.2 Å². The Bertz CT molecular complexity index is 843. The van der Waals surface area contributed by atoms with Crippen LogP contribution in [0, 0.1) is 50.2 Å². The summed E-state index contributed by atoms with van der Waals surface area (Å²) in [5, 5.41) is 33.3. The molecule has 1 unspecified atom stereocenters. The van der Waals surface area contributed by atoms with Crippen LogP contribution in [0.4, 0.5) is 0 Å². The fourth-order valence-corrected chi connectivity index (χ4v) is 10.7. The molecule has 33 heavy (non-hydrogen) atoms. The zero-order chi connectivity index (χ0) is 24.2. The van der Waals surface area contributed by atoms with Crippen molar-refractivity contribution in [2.75, 3.05) is 6.61 Å². The zero-order valence-electron chi connectivity index (χ0n) is 22.4. The molecule has 0 aromatic carbocycles. The SMILES string of the molecule is CC1(C)CC[C@]2(CO)[C@H](O)C[C@]3(C)C(=CC[C@@H]4[C@@]5(C)CC[C@H](O)C(C)(C)C5CC[C@]43C)[C@H]2C1. The molecule has 9 atom stereocenters. The first-order chi connectivity index (χ1) is 15.2. The summed E-state index contributed by atoms with van der Waals surface area (Å²) in [6.07, 6.45) is 11.3. The quantitative estimate of drug-likeness (QED) is 0.415. The number of hydrogen-bond acceptors (Lipinski definition) is 3. The molecule has 4 fully saturated rings. The topological polar surface area (TPSA) is 60.7 Å². The Morgan fingerprint density at radius 1 is 0.818 bits per heavy atom. The molecular formula is C30H50O3. The van der Waals surface area contributed by atoms with Gasteiger partial charge >= 0.3 is 0 Å². The summed E-state index contributed by atoms with van der Waals surface area (Å²) in [7, 11) is 0. The minimum Gasteiger partial charge on any atom is -0.396 e. The molecule has 0 spiro atoms. The molecule has 5 rings (SSSR count). The first-order valence-corrected chi connectivity index (χ1v) is 13.9. The van der Waals surface area contributed by atoms with Crippen molar-refractivity contribution in [1.29, 1.82) is 0 Å². The van der Waals surface area contributed by atoms with Gasteiger partial charge in [-0.2, -0.15) is 0 Å². The molecule has 0 saturated heterocycles. The number of aliphatic hydroxyl groups excluding tert-OH is 3. The number of hydrogen-bond donors (Lipinski definition) is 3. The number of rotatable bonds is 1. The van der Waals surface area contributed by atoms with Crippen molar-refractivity contribution < 1.29 is 15.3 Å². The highest BCUT2D eigenvalue weighted by Gasteiger charge is 2.69. The molecular weight excluding hydrogens is 408 g/mol. The molecule has 0 aromatic heterocycles. The van der Waals surface area contributed by atoms with E-state index < -0.39 is 6.10 Å². The third-order valence-electron chi connectivity index (χ3n) is 13.2. The van der Waals surface area contributed by atoms with Crippen molar-refractivity contribution in [3.8, 4) is 0 Å². The first kappa shape index (κ1) is 24.3. The summed E-state index contributed by atoms with van der Waals surface area (Å²) >= 11 is 0. The van der Waals surface area contributed by atoms with E-state index in [1.165, 1.54) is 12.8 Å². The largest absolute Gasteiger partial charge is 0.396 e. The molecule has 188 valence electrons. The number of allylic oxidation sites excluding steroid dienone is 2. The minimum absolute atomic E-state index is 0.0275. The maximum absolute atomic E-state index is 11.7. The van der Waals surface area contributed by atoms with Crippen molar-refractivity contribution in [1.82, 2.24) is 0 Å². The fraction of sp³-hybridized carbons (Fsp3) is 0.933. The van der Waals surface area contributed by atoms with Crippen LogP contribution in [0.25, 0.3) is 0 Å². The second-order valence-corrected chi connectivity index (χ2v) is 15.2. The predicted molar refractivity (Wildman–Crippen MR) is 134 cm³/mol. The molecule has 5 aliphatic rings. The Hall–Kier alpha value is -0.380. The Morgan fingerprint density at radius 3 is 2.18 bits per heavy atom. The summed E-state index contributed by atoms with van der Waals surface area (Å²) in [4.78, 5) is 0. The Kier molecular flexibility index (Phi) is 5.23. The summed E-state index contributed by atoms with van der Waals surface area (Å²) in [6.45, 7) is 17.0. The molecule has 3 N–H and O–H groups in total. The van der Waals surface area contributed by atoms with Gasteiger partial charge in [0.1, 0.15) is 0 Å². The second-order valence-electron chi connectivity index (χ2n) is 15.2. The van der Waals surface area contributed by atoms with Crippen molar-refractivity contribution in [3.05, 3.63) is 11.6 Å². The van der Waals surface area contributed by atoms with Gasteiger partial charge in [-0.05, 0) is 103 Å². The van der Waals surface area contributed by atoms with Crippen LogP contribution in [0.15, 0.2) is 11.6 Å². The first-order valence-electron chi connectivity index (χ1n) is 13.9. The standard InChI is InChI=1S/C30H50O3/c1-25(2)14-15-30(18-31)20(16-25)19-8-9-22-27(5)12-11-23(32)26(3,4)21(27)10-13-28(22,6)29(19,7)17-24(30)33/h8,20-24,31-33H,9-18H2,1-7H3/t20-,21?,22-,23+,24-,27+,28-,29-,30-/m1/s1. The molecule has 3 nitrogen and oxygen atoms in total. The lowest BCUT2D eigenvalue weighted by molar-refractivity contribution is -0.218. The summed E-state index contributed by atoms with van der Waals surface area (Å²) in [5.74, 6) is 1.41. The second kappa shape index (κ2) is 7.10. The summed E-state index contributed by atoms with van der Waals surface area (Å²) < 4.78 is 0. The zero-order valence-corrected chi connectivity index (χ0v) is 22.4. The average Bonchev–Trinajstić information content (AvgIpc) is 2.71. The van der Waals surface area contributed by atoms with Crippen LogP contribution < -0.4 is 0 Å². The van der Waals surface area contributed by atoms with Crippen molar-refractivity contribution in [3.63, 3.8) is 0 Å². The molecule has 5 aliphatic carbocycles. The molecule has 0 bridgehead atoms. The van der Waals surface area contributed by atoms with Crippen LogP contribution in [0.3, 0.4) is 0 Å². The average molecular weight is 459 g/mol. The molecule has 3 heteroatoms. The van der Waals surface area contributed by atoms with Crippen LogP contribution in [-0.4, -0.2) is 34.1 Å². The maximum atomic E-state index is 11.7. The lowest BCUT2D eigenvalue weighted by Gasteiger charge is -2.72. The third-order valence-corrected chi connectivity index (χ3v) is 13.2. The van der Waals surface area contributed by atoms with Gasteiger partial charge in [-0.3, -0.25) is 0 Å². The van der Waals surface area contributed by atoms with Crippen LogP contribution in [0.5, 0.6) is 0 Å². The summed E-state index contributed by atoms with van der Waals surface area (Å²) in [6, 6.07) is 0. The van der Waals surface area contributed by atoms with E-state index in [9.17, 15) is 15.3 Å². The monoisotopic (exact) mass is 458 g/mol. The van der Waals surface area contributed by atoms with Crippen molar-refractivity contribution in [2.45, 2.75) is 118 Å². The van der Waals surface area contributed by atoms with Gasteiger partial charge in [0.05, 0.1) is 18.8 Å². The highest BCUT2D eigenvalue weighted by atomic mass is 16.3. The van der Waals surface area contributed by atoms with Gasteiger partial charge in [-0.25, -0.2) is 0 Å². The fourth-order valence-electron chi connectivity index (χ4n) is 10.7. The van der Waals surface area contributed by atoms with E-state index in [4.69, 9.17) is 0 Å². The van der Waals surface area contributed by atoms with Gasteiger partial charge in [-0.1, -0.05) is 60.1 Å². The van der Waals surface area contributed by atoms with E-state index in [-0.39, 0.29) is 51.1 Å². The Labute approximate surface area is 202 Å². The van der Waals surface area contributed by atoms with E-state index in [0.29, 0.717) is 11.8 Å². The third kappa shape index (κ3) is 2.91. The smallest absolute Gasteiger partial charge is 0.0632 e. The van der Waals surface area contributed by atoms with Crippen LogP contribution in [-0.2, 0) is 0 Å². The number of fused-ring (bicyclic) bond motifs is 7. The van der Waals surface area contributed by atoms with E-state index in [2.05, 4.69) is 54.5 Å². The maximum Gasteiger partial charge on any atom is 0.0632 e. The Balaban J connectivity index is 1.61. The summed E-state index contributed by atoms with van der Waals surface area (Å²) in [5.41, 5.74) is 1.78. The molecule has 0 aromatic rings. The molecule has 0 aliphatic heterocycles. The van der Waals surface area contributed by atoms with E-state index in [1.807, 2.05) is 0 Å². The lowest BCUT2D eigenvalue weighted by Crippen LogP contribution is -2.67. The molecule has 4 saturated carbocycles. The van der Waals surface area contributed by atoms with E-state index in [0.717, 1.165) is 44.9 Å². The van der Waals surface area contributed by atoms with E-state index in [1.54, 1.807) is 5.57 Å². The van der Waals surface area contributed by atoms with Crippen molar-refractivity contribution >= 4 is 0 Å². The minimum atomic E-state index is -0.434. The highest BCUT2D eigenvalue weighted by molar-refractivity contribution is 5.35. The molecule has 0 heterocycles. The molecule has 0 radical (unpaired) electrons.